The Kier molecular flexibility index (Phi) is 6.47. The number of rotatable bonds is 6. The van der Waals surface area contributed by atoms with Gasteiger partial charge in [-0.25, -0.2) is 13.1 Å². The van der Waals surface area contributed by atoms with E-state index in [1.165, 1.54) is 12.8 Å². The van der Waals surface area contributed by atoms with Gasteiger partial charge in [0.25, 0.3) is 0 Å². The van der Waals surface area contributed by atoms with Gasteiger partial charge in [0.2, 0.25) is 10.0 Å². The standard InChI is InChI=1S/C15H30N2O3S/c1-13-4-3-7-17(10-13)11-14(2)16-21(18,19)12-15-5-8-20-9-6-15/h13-16H,3-12H2,1-2H3/t13-,14+/m0/s1. The van der Waals surface area contributed by atoms with E-state index in [0.29, 0.717) is 13.2 Å². The number of hydrogen-bond donors (Lipinski definition) is 1. The van der Waals surface area contributed by atoms with Crippen LogP contribution in [0.15, 0.2) is 0 Å². The van der Waals surface area contributed by atoms with Crippen LogP contribution in [-0.2, 0) is 14.8 Å². The number of nitrogens with zero attached hydrogens (tertiary/aromatic N) is 1. The lowest BCUT2D eigenvalue weighted by Crippen LogP contribution is -2.46. The van der Waals surface area contributed by atoms with E-state index in [1.807, 2.05) is 6.92 Å². The van der Waals surface area contributed by atoms with Gasteiger partial charge in [0.1, 0.15) is 0 Å². The minimum absolute atomic E-state index is 0.0138. The maximum Gasteiger partial charge on any atom is 0.212 e. The van der Waals surface area contributed by atoms with Crippen LogP contribution in [0, 0.1) is 11.8 Å². The van der Waals surface area contributed by atoms with Crippen molar-refractivity contribution < 1.29 is 13.2 Å². The molecular weight excluding hydrogens is 288 g/mol. The molecule has 2 rings (SSSR count). The van der Waals surface area contributed by atoms with E-state index in [4.69, 9.17) is 4.74 Å². The van der Waals surface area contributed by atoms with E-state index in [9.17, 15) is 8.42 Å². The molecular formula is C15H30N2O3S. The van der Waals surface area contributed by atoms with Crippen molar-refractivity contribution in [3.05, 3.63) is 0 Å². The fourth-order valence-corrected chi connectivity index (χ4v) is 5.19. The quantitative estimate of drug-likeness (QED) is 0.805. The van der Waals surface area contributed by atoms with Crippen molar-refractivity contribution in [2.75, 3.05) is 38.6 Å². The van der Waals surface area contributed by atoms with Crippen LogP contribution in [0.25, 0.3) is 0 Å². The molecule has 0 aliphatic carbocycles. The first-order valence-electron chi connectivity index (χ1n) is 8.25. The maximum atomic E-state index is 12.2. The molecule has 0 radical (unpaired) electrons. The average molecular weight is 318 g/mol. The predicted molar refractivity (Wildman–Crippen MR) is 84.8 cm³/mol. The molecule has 1 N–H and O–H groups in total. The van der Waals surface area contributed by atoms with Gasteiger partial charge in [0, 0.05) is 32.3 Å². The molecule has 0 spiro atoms. The van der Waals surface area contributed by atoms with Crippen LogP contribution >= 0.6 is 0 Å². The van der Waals surface area contributed by atoms with E-state index in [0.717, 1.165) is 38.4 Å². The smallest absolute Gasteiger partial charge is 0.212 e. The van der Waals surface area contributed by atoms with Crippen molar-refractivity contribution in [1.29, 1.82) is 0 Å². The minimum Gasteiger partial charge on any atom is -0.381 e. The summed E-state index contributed by atoms with van der Waals surface area (Å²) in [6.07, 6.45) is 4.24. The lowest BCUT2D eigenvalue weighted by Gasteiger charge is -2.33. The van der Waals surface area contributed by atoms with Crippen molar-refractivity contribution in [3.63, 3.8) is 0 Å². The van der Waals surface area contributed by atoms with Gasteiger partial charge in [-0.3, -0.25) is 0 Å². The van der Waals surface area contributed by atoms with Gasteiger partial charge in [-0.1, -0.05) is 6.92 Å². The van der Waals surface area contributed by atoms with Crippen LogP contribution in [0.1, 0.15) is 39.5 Å². The topological polar surface area (TPSA) is 58.6 Å². The van der Waals surface area contributed by atoms with Gasteiger partial charge >= 0.3 is 0 Å². The number of likely N-dealkylation sites (tertiary alicyclic amines) is 1. The van der Waals surface area contributed by atoms with Crippen LogP contribution < -0.4 is 4.72 Å². The van der Waals surface area contributed by atoms with E-state index in [1.54, 1.807) is 0 Å². The largest absolute Gasteiger partial charge is 0.381 e. The van der Waals surface area contributed by atoms with Crippen molar-refractivity contribution in [1.82, 2.24) is 9.62 Å². The first kappa shape index (κ1) is 17.2. The molecule has 21 heavy (non-hydrogen) atoms. The molecule has 124 valence electrons. The van der Waals surface area contributed by atoms with Crippen molar-refractivity contribution in [3.8, 4) is 0 Å². The average Bonchev–Trinajstić information content (AvgIpc) is 2.38. The first-order chi connectivity index (χ1) is 9.94. The summed E-state index contributed by atoms with van der Waals surface area (Å²) in [5.74, 6) is 1.22. The number of sulfonamides is 1. The molecule has 2 heterocycles. The maximum absolute atomic E-state index is 12.2. The zero-order chi connectivity index (χ0) is 15.3. The molecule has 0 unspecified atom stereocenters. The summed E-state index contributed by atoms with van der Waals surface area (Å²) in [5, 5.41) is 0. The van der Waals surface area contributed by atoms with E-state index < -0.39 is 10.0 Å². The Morgan fingerprint density at radius 3 is 2.67 bits per heavy atom. The van der Waals surface area contributed by atoms with E-state index in [-0.39, 0.29) is 17.7 Å². The normalized spacial score (nSPS) is 27.6. The first-order valence-corrected chi connectivity index (χ1v) is 9.90. The van der Waals surface area contributed by atoms with Gasteiger partial charge in [-0.15, -0.1) is 0 Å². The Bertz CT molecular complexity index is 407. The molecule has 0 aromatic heterocycles. The molecule has 0 aromatic carbocycles. The molecule has 0 amide bonds. The highest BCUT2D eigenvalue weighted by Gasteiger charge is 2.24. The van der Waals surface area contributed by atoms with Gasteiger partial charge in [0.05, 0.1) is 5.75 Å². The van der Waals surface area contributed by atoms with Crippen LogP contribution in [0.5, 0.6) is 0 Å². The number of piperidine rings is 1. The third kappa shape index (κ3) is 6.22. The molecule has 2 fully saturated rings. The second-order valence-electron chi connectivity index (χ2n) is 6.86. The number of nitrogens with one attached hydrogen (secondary N) is 1. The summed E-state index contributed by atoms with van der Waals surface area (Å²) in [6.45, 7) is 8.63. The molecule has 2 aliphatic rings. The Morgan fingerprint density at radius 2 is 2.00 bits per heavy atom. The predicted octanol–water partition coefficient (Wildman–Crippen LogP) is 1.45. The zero-order valence-electron chi connectivity index (χ0n) is 13.4. The van der Waals surface area contributed by atoms with Crippen LogP contribution in [0.3, 0.4) is 0 Å². The van der Waals surface area contributed by atoms with E-state index >= 15 is 0 Å². The summed E-state index contributed by atoms with van der Waals surface area (Å²) in [6, 6.07) is -0.0138. The summed E-state index contributed by atoms with van der Waals surface area (Å²) in [7, 11) is -3.18. The van der Waals surface area contributed by atoms with Crippen LogP contribution in [0.2, 0.25) is 0 Å². The van der Waals surface area contributed by atoms with Crippen LogP contribution in [-0.4, -0.2) is 58.0 Å². The SMILES string of the molecule is C[C@H]1CCCN(C[C@@H](C)NS(=O)(=O)CC2CCOCC2)C1. The molecule has 5 nitrogen and oxygen atoms in total. The number of ether oxygens (including phenoxy) is 1. The Morgan fingerprint density at radius 1 is 1.29 bits per heavy atom. The third-order valence-corrected chi connectivity index (χ3v) is 6.12. The monoisotopic (exact) mass is 318 g/mol. The highest BCUT2D eigenvalue weighted by molar-refractivity contribution is 7.89. The summed E-state index contributed by atoms with van der Waals surface area (Å²) < 4.78 is 32.6. The van der Waals surface area contributed by atoms with Crippen LogP contribution in [0.4, 0.5) is 0 Å². The molecule has 6 heteroatoms. The van der Waals surface area contributed by atoms with Gasteiger partial charge < -0.3 is 9.64 Å². The summed E-state index contributed by atoms with van der Waals surface area (Å²) >= 11 is 0. The molecule has 2 aliphatic heterocycles. The van der Waals surface area contributed by atoms with Gasteiger partial charge in [-0.2, -0.15) is 0 Å². The second kappa shape index (κ2) is 7.90. The molecule has 2 saturated heterocycles. The molecule has 0 bridgehead atoms. The molecule has 2 atom stereocenters. The van der Waals surface area contributed by atoms with Gasteiger partial charge in [0.15, 0.2) is 0 Å². The minimum atomic E-state index is -3.18. The fourth-order valence-electron chi connectivity index (χ4n) is 3.46. The third-order valence-electron chi connectivity index (χ3n) is 4.45. The molecule has 0 aromatic rings. The van der Waals surface area contributed by atoms with Crippen molar-refractivity contribution in [2.24, 2.45) is 11.8 Å². The lowest BCUT2D eigenvalue weighted by molar-refractivity contribution is 0.0722. The molecule has 0 saturated carbocycles. The fraction of sp³-hybridized carbons (Fsp3) is 1.00. The van der Waals surface area contributed by atoms with Gasteiger partial charge in [-0.05, 0) is 51.0 Å². The Hall–Kier alpha value is -0.170. The van der Waals surface area contributed by atoms with E-state index in [2.05, 4.69) is 16.5 Å². The Labute approximate surface area is 129 Å². The Balaban J connectivity index is 1.75. The second-order valence-corrected chi connectivity index (χ2v) is 8.66. The van der Waals surface area contributed by atoms with Crippen molar-refractivity contribution >= 4 is 10.0 Å². The highest BCUT2D eigenvalue weighted by atomic mass is 32.2. The summed E-state index contributed by atoms with van der Waals surface area (Å²) in [5.41, 5.74) is 0. The van der Waals surface area contributed by atoms with Crippen molar-refractivity contribution in [2.45, 2.75) is 45.6 Å². The zero-order valence-corrected chi connectivity index (χ0v) is 14.2. The highest BCUT2D eigenvalue weighted by Crippen LogP contribution is 2.17. The number of hydrogen-bond acceptors (Lipinski definition) is 4. The lowest BCUT2D eigenvalue weighted by atomic mass is 10.00. The summed E-state index contributed by atoms with van der Waals surface area (Å²) in [4.78, 5) is 2.38.